The fourth-order valence-corrected chi connectivity index (χ4v) is 1.09. The Labute approximate surface area is 76.2 Å². The molecular weight excluding hydrogens is 176 g/mol. The minimum atomic E-state index is -0.228. The van der Waals surface area contributed by atoms with Crippen LogP contribution in [0.5, 0.6) is 0 Å². The minimum Gasteiger partial charge on any atom is -0.396 e. The number of aliphatic hydroxyl groups is 1. The first-order chi connectivity index (χ1) is 5.74. The number of halogens is 1. The van der Waals surface area contributed by atoms with Gasteiger partial charge in [0.15, 0.2) is 0 Å². The van der Waals surface area contributed by atoms with Crippen LogP contribution in [0.1, 0.15) is 18.2 Å². The molecule has 0 aromatic carbocycles. The first-order valence-corrected chi connectivity index (χ1v) is 4.10. The average Bonchev–Trinajstić information content (AvgIpc) is 2.05. The third kappa shape index (κ3) is 2.44. The standard InChI is InChI=1S/C8H11ClN2O/c9-8-3-1-2-7(11-8)6(10)4-5-12/h1-3,6,12H,4-5,10H2. The van der Waals surface area contributed by atoms with Gasteiger partial charge in [-0.15, -0.1) is 0 Å². The van der Waals surface area contributed by atoms with Crippen molar-refractivity contribution in [1.29, 1.82) is 0 Å². The molecule has 12 heavy (non-hydrogen) atoms. The molecule has 0 saturated heterocycles. The average molecular weight is 187 g/mol. The molecule has 1 aromatic rings. The molecule has 4 heteroatoms. The van der Waals surface area contributed by atoms with Crippen LogP contribution in [-0.4, -0.2) is 16.7 Å². The quantitative estimate of drug-likeness (QED) is 0.696. The Morgan fingerprint density at radius 1 is 1.58 bits per heavy atom. The number of aliphatic hydroxyl groups excluding tert-OH is 1. The molecule has 1 rings (SSSR count). The van der Waals surface area contributed by atoms with Gasteiger partial charge in [-0.2, -0.15) is 0 Å². The van der Waals surface area contributed by atoms with E-state index in [2.05, 4.69) is 4.98 Å². The summed E-state index contributed by atoms with van der Waals surface area (Å²) in [7, 11) is 0. The first-order valence-electron chi connectivity index (χ1n) is 3.73. The molecule has 0 fully saturated rings. The van der Waals surface area contributed by atoms with E-state index in [4.69, 9.17) is 22.4 Å². The molecule has 0 amide bonds. The Hall–Kier alpha value is -0.640. The maximum atomic E-state index is 8.63. The summed E-state index contributed by atoms with van der Waals surface area (Å²) >= 11 is 5.66. The van der Waals surface area contributed by atoms with Crippen LogP contribution in [-0.2, 0) is 0 Å². The molecule has 0 spiro atoms. The van der Waals surface area contributed by atoms with E-state index in [1.54, 1.807) is 18.2 Å². The number of rotatable bonds is 3. The van der Waals surface area contributed by atoms with Crippen molar-refractivity contribution in [1.82, 2.24) is 4.98 Å². The molecule has 1 unspecified atom stereocenters. The Morgan fingerprint density at radius 3 is 2.92 bits per heavy atom. The van der Waals surface area contributed by atoms with Crippen LogP contribution in [0.4, 0.5) is 0 Å². The van der Waals surface area contributed by atoms with Gasteiger partial charge in [0.1, 0.15) is 5.15 Å². The van der Waals surface area contributed by atoms with Gasteiger partial charge in [-0.1, -0.05) is 17.7 Å². The maximum absolute atomic E-state index is 8.63. The molecule has 66 valence electrons. The van der Waals surface area contributed by atoms with Gasteiger partial charge in [0.25, 0.3) is 0 Å². The van der Waals surface area contributed by atoms with Crippen molar-refractivity contribution >= 4 is 11.6 Å². The zero-order valence-corrected chi connectivity index (χ0v) is 7.33. The van der Waals surface area contributed by atoms with E-state index in [1.165, 1.54) is 0 Å². The fraction of sp³-hybridized carbons (Fsp3) is 0.375. The largest absolute Gasteiger partial charge is 0.396 e. The SMILES string of the molecule is NC(CCO)c1cccc(Cl)n1. The van der Waals surface area contributed by atoms with E-state index < -0.39 is 0 Å². The lowest BCUT2D eigenvalue weighted by Crippen LogP contribution is -2.13. The second-order valence-corrected chi connectivity index (χ2v) is 2.89. The van der Waals surface area contributed by atoms with Crippen LogP contribution >= 0.6 is 11.6 Å². The summed E-state index contributed by atoms with van der Waals surface area (Å²) in [4.78, 5) is 4.02. The number of pyridine rings is 1. The Morgan fingerprint density at radius 2 is 2.33 bits per heavy atom. The van der Waals surface area contributed by atoms with Crippen LogP contribution in [0.15, 0.2) is 18.2 Å². The molecule has 0 aliphatic carbocycles. The smallest absolute Gasteiger partial charge is 0.129 e. The number of aromatic nitrogens is 1. The lowest BCUT2D eigenvalue weighted by atomic mass is 10.1. The van der Waals surface area contributed by atoms with E-state index in [0.717, 1.165) is 5.69 Å². The Bertz CT molecular complexity index is 255. The van der Waals surface area contributed by atoms with E-state index in [0.29, 0.717) is 11.6 Å². The van der Waals surface area contributed by atoms with Crippen LogP contribution < -0.4 is 5.73 Å². The number of hydrogen-bond donors (Lipinski definition) is 2. The summed E-state index contributed by atoms with van der Waals surface area (Å²) in [6.45, 7) is 0.0648. The van der Waals surface area contributed by atoms with Crippen molar-refractivity contribution < 1.29 is 5.11 Å². The van der Waals surface area contributed by atoms with Gasteiger partial charge in [-0.05, 0) is 18.6 Å². The van der Waals surface area contributed by atoms with Crippen molar-refractivity contribution in [3.63, 3.8) is 0 Å². The van der Waals surface area contributed by atoms with Crippen LogP contribution in [0.3, 0.4) is 0 Å². The van der Waals surface area contributed by atoms with Crippen LogP contribution in [0.25, 0.3) is 0 Å². The van der Waals surface area contributed by atoms with Crippen LogP contribution in [0, 0.1) is 0 Å². The third-order valence-corrected chi connectivity index (χ3v) is 1.77. The molecule has 1 aromatic heterocycles. The van der Waals surface area contributed by atoms with E-state index in [-0.39, 0.29) is 12.6 Å². The summed E-state index contributed by atoms with van der Waals surface area (Å²) in [6.07, 6.45) is 0.507. The van der Waals surface area contributed by atoms with Crippen molar-refractivity contribution in [2.24, 2.45) is 5.73 Å². The molecule has 0 aliphatic heterocycles. The van der Waals surface area contributed by atoms with Gasteiger partial charge in [-0.3, -0.25) is 0 Å². The molecule has 0 saturated carbocycles. The van der Waals surface area contributed by atoms with Crippen molar-refractivity contribution in [2.75, 3.05) is 6.61 Å². The van der Waals surface area contributed by atoms with Crippen molar-refractivity contribution in [3.05, 3.63) is 29.0 Å². The van der Waals surface area contributed by atoms with Crippen LogP contribution in [0.2, 0.25) is 5.15 Å². The molecule has 0 aliphatic rings. The summed E-state index contributed by atoms with van der Waals surface area (Å²) in [5.41, 5.74) is 6.41. The lowest BCUT2D eigenvalue weighted by Gasteiger charge is -2.08. The first kappa shape index (κ1) is 9.45. The van der Waals surface area contributed by atoms with Crippen molar-refractivity contribution in [3.8, 4) is 0 Å². The van der Waals surface area contributed by atoms with Gasteiger partial charge in [0.05, 0.1) is 5.69 Å². The summed E-state index contributed by atoms with van der Waals surface area (Å²) in [6, 6.07) is 5.05. The number of hydrogen-bond acceptors (Lipinski definition) is 3. The Kier molecular flexibility index (Phi) is 3.47. The topological polar surface area (TPSA) is 59.1 Å². The zero-order valence-electron chi connectivity index (χ0n) is 6.57. The summed E-state index contributed by atoms with van der Waals surface area (Å²) in [5.74, 6) is 0. The fourth-order valence-electron chi connectivity index (χ4n) is 0.917. The highest BCUT2D eigenvalue weighted by atomic mass is 35.5. The normalized spacial score (nSPS) is 12.9. The molecule has 1 heterocycles. The molecule has 0 radical (unpaired) electrons. The third-order valence-electron chi connectivity index (χ3n) is 1.56. The summed E-state index contributed by atoms with van der Waals surface area (Å²) in [5, 5.41) is 9.06. The number of nitrogens with two attached hydrogens (primary N) is 1. The van der Waals surface area contributed by atoms with Gasteiger partial charge in [-0.25, -0.2) is 4.98 Å². The highest BCUT2D eigenvalue weighted by Gasteiger charge is 2.05. The molecule has 1 atom stereocenters. The molecule has 0 bridgehead atoms. The Balaban J connectivity index is 2.73. The van der Waals surface area contributed by atoms with Gasteiger partial charge in [0.2, 0.25) is 0 Å². The molecule has 3 N–H and O–H groups in total. The molecular formula is C8H11ClN2O. The number of nitrogens with zero attached hydrogens (tertiary/aromatic N) is 1. The summed E-state index contributed by atoms with van der Waals surface area (Å²) < 4.78 is 0. The van der Waals surface area contributed by atoms with E-state index in [9.17, 15) is 0 Å². The predicted molar refractivity (Wildman–Crippen MR) is 47.9 cm³/mol. The van der Waals surface area contributed by atoms with Gasteiger partial charge < -0.3 is 10.8 Å². The highest BCUT2D eigenvalue weighted by molar-refractivity contribution is 6.29. The molecule has 3 nitrogen and oxygen atoms in total. The van der Waals surface area contributed by atoms with Gasteiger partial charge >= 0.3 is 0 Å². The van der Waals surface area contributed by atoms with E-state index >= 15 is 0 Å². The van der Waals surface area contributed by atoms with Crippen molar-refractivity contribution in [2.45, 2.75) is 12.5 Å². The zero-order chi connectivity index (χ0) is 8.97. The second kappa shape index (κ2) is 4.40. The predicted octanol–water partition coefficient (Wildman–Crippen LogP) is 1.12. The second-order valence-electron chi connectivity index (χ2n) is 2.50. The van der Waals surface area contributed by atoms with E-state index in [1.807, 2.05) is 0 Å². The maximum Gasteiger partial charge on any atom is 0.129 e. The highest BCUT2D eigenvalue weighted by Crippen LogP contribution is 2.13. The van der Waals surface area contributed by atoms with Gasteiger partial charge in [0, 0.05) is 12.6 Å². The lowest BCUT2D eigenvalue weighted by molar-refractivity contribution is 0.275. The minimum absolute atomic E-state index is 0.0648. The monoisotopic (exact) mass is 186 g/mol.